The summed E-state index contributed by atoms with van der Waals surface area (Å²) >= 11 is 0. The number of Topliss-reactive ketones (excluding diaryl/α,β-unsaturated/α-hetero) is 1. The molecule has 1 aromatic carbocycles. The molecule has 1 unspecified atom stereocenters. The third-order valence-corrected chi connectivity index (χ3v) is 3.81. The van der Waals surface area contributed by atoms with Crippen LogP contribution in [-0.4, -0.2) is 31.8 Å². The molecule has 0 saturated carbocycles. The number of fused-ring (bicyclic) bond motifs is 1. The molecule has 0 fully saturated rings. The molecule has 0 amide bonds. The summed E-state index contributed by atoms with van der Waals surface area (Å²) < 4.78 is 21.2. The van der Waals surface area contributed by atoms with E-state index in [1.807, 2.05) is 12.1 Å². The maximum Gasteiger partial charge on any atom is 0.316 e. The summed E-state index contributed by atoms with van der Waals surface area (Å²) in [6, 6.07) is 5.44. The summed E-state index contributed by atoms with van der Waals surface area (Å²) in [5.74, 6) is 0.985. The van der Waals surface area contributed by atoms with Crippen molar-refractivity contribution in [1.29, 1.82) is 0 Å². The Morgan fingerprint density at radius 1 is 1.17 bits per heavy atom. The van der Waals surface area contributed by atoms with Crippen LogP contribution in [0.2, 0.25) is 0 Å². The smallest absolute Gasteiger partial charge is 0.316 e. The van der Waals surface area contributed by atoms with Gasteiger partial charge in [0.1, 0.15) is 17.5 Å². The number of carbonyl (C=O) groups excluding carboxylic acids is 2. The largest absolute Gasteiger partial charge is 0.493 e. The Morgan fingerprint density at radius 3 is 2.71 bits per heavy atom. The third kappa shape index (κ3) is 4.88. The van der Waals surface area contributed by atoms with Crippen LogP contribution in [0.5, 0.6) is 17.2 Å². The highest BCUT2D eigenvalue weighted by atomic mass is 16.7. The van der Waals surface area contributed by atoms with Crippen molar-refractivity contribution in [2.45, 2.75) is 39.5 Å². The molecule has 24 heavy (non-hydrogen) atoms. The fourth-order valence-corrected chi connectivity index (χ4v) is 2.51. The van der Waals surface area contributed by atoms with E-state index in [2.05, 4.69) is 0 Å². The van der Waals surface area contributed by atoms with Crippen LogP contribution in [0.15, 0.2) is 18.2 Å². The van der Waals surface area contributed by atoms with E-state index in [0.29, 0.717) is 37.6 Å². The Labute approximate surface area is 142 Å². The molecule has 0 saturated heterocycles. The number of carbonyl (C=O) groups is 2. The second kappa shape index (κ2) is 9.15. The summed E-state index contributed by atoms with van der Waals surface area (Å²) in [5.41, 5.74) is 0. The molecule has 1 aliphatic heterocycles. The second-order valence-electron chi connectivity index (χ2n) is 5.48. The molecule has 6 heteroatoms. The Balaban J connectivity index is 1.72. The summed E-state index contributed by atoms with van der Waals surface area (Å²) in [6.45, 7) is 4.54. The van der Waals surface area contributed by atoms with Crippen LogP contribution in [-0.2, 0) is 14.3 Å². The Bertz CT molecular complexity index is 569. The van der Waals surface area contributed by atoms with E-state index < -0.39 is 11.9 Å². The first-order valence-electron chi connectivity index (χ1n) is 8.37. The molecule has 2 rings (SSSR count). The van der Waals surface area contributed by atoms with Crippen molar-refractivity contribution in [2.24, 2.45) is 5.92 Å². The molecule has 0 N–H and O–H groups in total. The number of benzene rings is 1. The standard InChI is InChI=1S/C18H24O6/c1-3-15(19)14(18(20)21-4-2)7-5-6-10-22-13-8-9-16-17(11-13)24-12-23-16/h8-9,11,14H,3-7,10,12H2,1-2H3. The van der Waals surface area contributed by atoms with Crippen molar-refractivity contribution < 1.29 is 28.5 Å². The first kappa shape index (κ1) is 18.1. The number of unbranched alkanes of at least 4 members (excludes halogenated alkanes) is 1. The average Bonchev–Trinajstić information content (AvgIpc) is 3.05. The highest BCUT2D eigenvalue weighted by molar-refractivity contribution is 5.98. The van der Waals surface area contributed by atoms with Gasteiger partial charge in [-0.2, -0.15) is 0 Å². The lowest BCUT2D eigenvalue weighted by Gasteiger charge is -2.13. The van der Waals surface area contributed by atoms with E-state index in [1.54, 1.807) is 19.9 Å². The predicted molar refractivity (Wildman–Crippen MR) is 87.3 cm³/mol. The predicted octanol–water partition coefficient (Wildman–Crippen LogP) is 3.12. The Kier molecular flexibility index (Phi) is 6.90. The molecule has 132 valence electrons. The van der Waals surface area contributed by atoms with E-state index in [4.69, 9.17) is 18.9 Å². The fraction of sp³-hybridized carbons (Fsp3) is 0.556. The molecule has 1 aliphatic rings. The van der Waals surface area contributed by atoms with Gasteiger partial charge in [-0.3, -0.25) is 9.59 Å². The number of hydrogen-bond acceptors (Lipinski definition) is 6. The molecule has 0 bridgehead atoms. The lowest BCUT2D eigenvalue weighted by molar-refractivity contribution is -0.151. The minimum atomic E-state index is -0.652. The number of ketones is 1. The zero-order valence-electron chi connectivity index (χ0n) is 14.2. The number of esters is 1. The van der Waals surface area contributed by atoms with Gasteiger partial charge in [-0.15, -0.1) is 0 Å². The summed E-state index contributed by atoms with van der Waals surface area (Å²) in [5, 5.41) is 0. The van der Waals surface area contributed by atoms with E-state index in [0.717, 1.165) is 18.6 Å². The van der Waals surface area contributed by atoms with Gasteiger partial charge in [0.25, 0.3) is 0 Å². The third-order valence-electron chi connectivity index (χ3n) is 3.81. The van der Waals surface area contributed by atoms with Crippen LogP contribution in [0.25, 0.3) is 0 Å². The van der Waals surface area contributed by atoms with Crippen molar-refractivity contribution in [2.75, 3.05) is 20.0 Å². The van der Waals surface area contributed by atoms with E-state index in [9.17, 15) is 9.59 Å². The molecule has 1 aromatic rings. The SMILES string of the molecule is CCOC(=O)C(CCCCOc1ccc2c(c1)OCO2)C(=O)CC. The molecule has 1 atom stereocenters. The summed E-state index contributed by atoms with van der Waals surface area (Å²) in [4.78, 5) is 23.7. The van der Waals surface area contributed by atoms with Crippen molar-refractivity contribution in [3.8, 4) is 17.2 Å². The zero-order valence-corrected chi connectivity index (χ0v) is 14.2. The van der Waals surface area contributed by atoms with Crippen LogP contribution in [0.1, 0.15) is 39.5 Å². The van der Waals surface area contributed by atoms with Crippen LogP contribution in [0.3, 0.4) is 0 Å². The molecule has 0 spiro atoms. The topological polar surface area (TPSA) is 71.1 Å². The second-order valence-corrected chi connectivity index (χ2v) is 5.48. The van der Waals surface area contributed by atoms with Gasteiger partial charge in [-0.25, -0.2) is 0 Å². The zero-order chi connectivity index (χ0) is 17.4. The van der Waals surface area contributed by atoms with Gasteiger partial charge in [-0.05, 0) is 38.3 Å². The van der Waals surface area contributed by atoms with E-state index in [1.165, 1.54) is 0 Å². The Hall–Kier alpha value is -2.24. The average molecular weight is 336 g/mol. The Morgan fingerprint density at radius 2 is 1.96 bits per heavy atom. The lowest BCUT2D eigenvalue weighted by atomic mass is 9.96. The quantitative estimate of drug-likeness (QED) is 0.371. The minimum Gasteiger partial charge on any atom is -0.493 e. The van der Waals surface area contributed by atoms with Crippen molar-refractivity contribution >= 4 is 11.8 Å². The van der Waals surface area contributed by atoms with Gasteiger partial charge in [0.2, 0.25) is 6.79 Å². The fourth-order valence-electron chi connectivity index (χ4n) is 2.51. The maximum absolute atomic E-state index is 11.9. The summed E-state index contributed by atoms with van der Waals surface area (Å²) in [7, 11) is 0. The van der Waals surface area contributed by atoms with E-state index >= 15 is 0 Å². The molecule has 0 aliphatic carbocycles. The van der Waals surface area contributed by atoms with Crippen LogP contribution >= 0.6 is 0 Å². The lowest BCUT2D eigenvalue weighted by Crippen LogP contribution is -2.25. The van der Waals surface area contributed by atoms with Gasteiger partial charge in [-0.1, -0.05) is 6.92 Å². The minimum absolute atomic E-state index is 0.0647. The number of hydrogen-bond donors (Lipinski definition) is 0. The van der Waals surface area contributed by atoms with Gasteiger partial charge < -0.3 is 18.9 Å². The van der Waals surface area contributed by atoms with Gasteiger partial charge in [0.05, 0.1) is 13.2 Å². The number of rotatable bonds is 10. The highest BCUT2D eigenvalue weighted by Gasteiger charge is 2.25. The van der Waals surface area contributed by atoms with E-state index in [-0.39, 0.29) is 12.6 Å². The first-order valence-corrected chi connectivity index (χ1v) is 8.37. The summed E-state index contributed by atoms with van der Waals surface area (Å²) in [6.07, 6.45) is 2.31. The molecule has 0 radical (unpaired) electrons. The van der Waals surface area contributed by atoms with Crippen molar-refractivity contribution in [1.82, 2.24) is 0 Å². The van der Waals surface area contributed by atoms with Gasteiger partial charge in [0, 0.05) is 12.5 Å². The van der Waals surface area contributed by atoms with Crippen LogP contribution < -0.4 is 14.2 Å². The highest BCUT2D eigenvalue weighted by Crippen LogP contribution is 2.35. The van der Waals surface area contributed by atoms with Gasteiger partial charge in [0.15, 0.2) is 11.5 Å². The maximum atomic E-state index is 11.9. The molecule has 6 nitrogen and oxygen atoms in total. The molecule has 1 heterocycles. The normalized spacial score (nSPS) is 13.4. The molecule has 0 aromatic heterocycles. The van der Waals surface area contributed by atoms with Gasteiger partial charge >= 0.3 is 5.97 Å². The molecular weight excluding hydrogens is 312 g/mol. The monoisotopic (exact) mass is 336 g/mol. The first-order chi connectivity index (χ1) is 11.7. The van der Waals surface area contributed by atoms with Crippen molar-refractivity contribution in [3.63, 3.8) is 0 Å². The number of ether oxygens (including phenoxy) is 4. The van der Waals surface area contributed by atoms with Crippen LogP contribution in [0.4, 0.5) is 0 Å². The van der Waals surface area contributed by atoms with Crippen molar-refractivity contribution in [3.05, 3.63) is 18.2 Å². The van der Waals surface area contributed by atoms with Crippen LogP contribution in [0, 0.1) is 5.92 Å². The molecular formula is C18H24O6.